The van der Waals surface area contributed by atoms with Crippen molar-refractivity contribution in [2.24, 2.45) is 0 Å². The molecule has 0 aliphatic carbocycles. The lowest BCUT2D eigenvalue weighted by Crippen LogP contribution is -2.25. The Bertz CT molecular complexity index is 1100. The summed E-state index contributed by atoms with van der Waals surface area (Å²) in [6.45, 7) is 3.58. The fraction of sp³-hybridized carbons (Fsp3) is 0.441. The molecular formula is C34H45NO4. The number of unbranched alkanes of at least 4 members (excludes halogenated alkanes) is 4. The van der Waals surface area contributed by atoms with E-state index in [1.807, 2.05) is 36.4 Å². The zero-order chi connectivity index (χ0) is 27.7. The van der Waals surface area contributed by atoms with E-state index in [2.05, 4.69) is 48.6 Å². The molecule has 1 atom stereocenters. The number of benzene rings is 3. The number of aryl methyl sites for hydroxylation is 3. The van der Waals surface area contributed by atoms with E-state index >= 15 is 0 Å². The molecule has 3 rings (SSSR count). The molecule has 0 spiro atoms. The van der Waals surface area contributed by atoms with Crippen LogP contribution in [0.4, 0.5) is 4.79 Å². The first-order valence-electron chi connectivity index (χ1n) is 14.3. The number of hydrogen-bond acceptors (Lipinski definition) is 4. The van der Waals surface area contributed by atoms with Crippen molar-refractivity contribution in [3.05, 3.63) is 106 Å². The number of alkyl carbamates (subject to hydrolysis) is 1. The average Bonchev–Trinajstić information content (AvgIpc) is 2.96. The van der Waals surface area contributed by atoms with Gasteiger partial charge in [-0.1, -0.05) is 92.1 Å². The second-order valence-corrected chi connectivity index (χ2v) is 10.3. The third-order valence-electron chi connectivity index (χ3n) is 7.15. The second kappa shape index (κ2) is 17.4. The summed E-state index contributed by atoms with van der Waals surface area (Å²) in [6.07, 6.45) is 8.62. The zero-order valence-electron chi connectivity index (χ0n) is 23.7. The van der Waals surface area contributed by atoms with Crippen LogP contribution in [0.3, 0.4) is 0 Å². The maximum Gasteiger partial charge on any atom is 0.407 e. The molecule has 5 heteroatoms. The molecule has 2 N–H and O–H groups in total. The largest absolute Gasteiger partial charge is 0.445 e. The van der Waals surface area contributed by atoms with E-state index in [4.69, 9.17) is 9.47 Å². The number of carbonyl (C=O) groups excluding carboxylic acids is 1. The van der Waals surface area contributed by atoms with E-state index in [1.54, 1.807) is 7.11 Å². The van der Waals surface area contributed by atoms with Gasteiger partial charge in [0.1, 0.15) is 6.61 Å². The molecule has 3 aromatic carbocycles. The highest BCUT2D eigenvalue weighted by Gasteiger charge is 2.09. The Hall–Kier alpha value is -3.15. The normalized spacial score (nSPS) is 11.8. The first-order valence-corrected chi connectivity index (χ1v) is 14.3. The van der Waals surface area contributed by atoms with E-state index in [1.165, 1.54) is 29.5 Å². The van der Waals surface area contributed by atoms with Crippen molar-refractivity contribution in [3.63, 3.8) is 0 Å². The average molecular weight is 532 g/mol. The second-order valence-electron chi connectivity index (χ2n) is 10.3. The van der Waals surface area contributed by atoms with Crippen molar-refractivity contribution in [1.82, 2.24) is 5.32 Å². The summed E-state index contributed by atoms with van der Waals surface area (Å²) >= 11 is 0. The van der Waals surface area contributed by atoms with Gasteiger partial charge in [0.25, 0.3) is 0 Å². The van der Waals surface area contributed by atoms with E-state index < -0.39 is 6.10 Å². The number of ether oxygens (including phenoxy) is 2. The van der Waals surface area contributed by atoms with Gasteiger partial charge < -0.3 is 19.9 Å². The summed E-state index contributed by atoms with van der Waals surface area (Å²) in [7, 11) is 1.70. The monoisotopic (exact) mass is 531 g/mol. The Morgan fingerprint density at radius 1 is 0.795 bits per heavy atom. The summed E-state index contributed by atoms with van der Waals surface area (Å²) in [6, 6.07) is 24.8. The predicted octanol–water partition coefficient (Wildman–Crippen LogP) is 7.62. The molecule has 210 valence electrons. The Morgan fingerprint density at radius 3 is 2.15 bits per heavy atom. The lowest BCUT2D eigenvalue weighted by atomic mass is 9.98. The fourth-order valence-electron chi connectivity index (χ4n) is 4.69. The smallest absolute Gasteiger partial charge is 0.407 e. The Morgan fingerprint density at radius 2 is 1.46 bits per heavy atom. The topological polar surface area (TPSA) is 67.8 Å². The molecule has 0 heterocycles. The van der Waals surface area contributed by atoms with Crippen LogP contribution in [0.25, 0.3) is 0 Å². The lowest BCUT2D eigenvalue weighted by Gasteiger charge is -2.14. The number of hydrogen-bond donors (Lipinski definition) is 2. The van der Waals surface area contributed by atoms with Crippen molar-refractivity contribution in [2.75, 3.05) is 13.7 Å². The van der Waals surface area contributed by atoms with Gasteiger partial charge in [-0.25, -0.2) is 4.79 Å². The van der Waals surface area contributed by atoms with Crippen LogP contribution in [-0.4, -0.2) is 24.9 Å². The Labute approximate surface area is 234 Å². The predicted molar refractivity (Wildman–Crippen MR) is 158 cm³/mol. The number of methoxy groups -OCH3 is 1. The molecule has 1 amide bonds. The van der Waals surface area contributed by atoms with Crippen molar-refractivity contribution < 1.29 is 19.4 Å². The summed E-state index contributed by atoms with van der Waals surface area (Å²) in [5, 5.41) is 13.4. The van der Waals surface area contributed by atoms with Crippen LogP contribution in [-0.2, 0) is 35.5 Å². The molecular weight excluding hydrogens is 486 g/mol. The van der Waals surface area contributed by atoms with Gasteiger partial charge in [-0.05, 0) is 78.8 Å². The number of carbonyl (C=O) groups is 1. The van der Waals surface area contributed by atoms with Crippen LogP contribution in [0, 0.1) is 6.92 Å². The maximum absolute atomic E-state index is 11.8. The van der Waals surface area contributed by atoms with E-state index in [-0.39, 0.29) is 6.09 Å². The molecule has 0 saturated carbocycles. The highest BCUT2D eigenvalue weighted by atomic mass is 16.5. The first-order chi connectivity index (χ1) is 19.0. The van der Waals surface area contributed by atoms with Crippen LogP contribution in [0.2, 0.25) is 0 Å². The quantitative estimate of drug-likeness (QED) is 0.176. The van der Waals surface area contributed by atoms with Gasteiger partial charge >= 0.3 is 6.09 Å². The van der Waals surface area contributed by atoms with Gasteiger partial charge in [0.15, 0.2) is 0 Å². The molecule has 5 nitrogen and oxygen atoms in total. The van der Waals surface area contributed by atoms with E-state index in [9.17, 15) is 9.90 Å². The maximum atomic E-state index is 11.8. The molecule has 3 aromatic rings. The summed E-state index contributed by atoms with van der Waals surface area (Å²) < 4.78 is 10.5. The number of aliphatic hydroxyl groups excluding tert-OH is 1. The molecule has 0 radical (unpaired) electrons. The number of rotatable bonds is 17. The molecule has 0 aromatic heterocycles. The van der Waals surface area contributed by atoms with Crippen LogP contribution in [0.5, 0.6) is 0 Å². The Balaban J connectivity index is 1.21. The van der Waals surface area contributed by atoms with Gasteiger partial charge in [0.2, 0.25) is 0 Å². The van der Waals surface area contributed by atoms with Crippen molar-refractivity contribution in [3.8, 4) is 0 Å². The van der Waals surface area contributed by atoms with Crippen molar-refractivity contribution >= 4 is 6.09 Å². The van der Waals surface area contributed by atoms with E-state index in [0.29, 0.717) is 19.8 Å². The Kier molecular flexibility index (Phi) is 13.6. The fourth-order valence-corrected chi connectivity index (χ4v) is 4.69. The minimum Gasteiger partial charge on any atom is -0.445 e. The van der Waals surface area contributed by atoms with Crippen LogP contribution >= 0.6 is 0 Å². The molecule has 0 aliphatic rings. The summed E-state index contributed by atoms with van der Waals surface area (Å²) in [5.74, 6) is 0. The van der Waals surface area contributed by atoms with Gasteiger partial charge in [-0.2, -0.15) is 0 Å². The van der Waals surface area contributed by atoms with Crippen molar-refractivity contribution in [2.45, 2.75) is 84.0 Å². The lowest BCUT2D eigenvalue weighted by molar-refractivity contribution is 0.139. The SMILES string of the molecule is COCc1cc([C@@H](O)CCCCCCc2ccc(CCCCNC(=O)OCc3ccccc3)cc2)ccc1C. The molecule has 0 bridgehead atoms. The van der Waals surface area contributed by atoms with Gasteiger partial charge in [0.05, 0.1) is 12.7 Å². The standard InChI is InChI=1S/C34H45NO4/c1-27-17-22-31(24-32(27)26-38-2)33(36)16-9-4-3-6-12-28-18-20-29(21-19-28)13-10-11-23-35-34(37)39-25-30-14-7-5-8-15-30/h5,7-8,14-15,17-22,24,33,36H,3-4,6,9-13,16,23,25-26H2,1-2H3,(H,35,37)/t33-/m0/s1. The van der Waals surface area contributed by atoms with E-state index in [0.717, 1.165) is 61.6 Å². The highest BCUT2D eigenvalue weighted by Crippen LogP contribution is 2.23. The van der Waals surface area contributed by atoms with Crippen LogP contribution < -0.4 is 5.32 Å². The molecule has 0 fully saturated rings. The minimum atomic E-state index is -0.405. The number of amides is 1. The molecule has 0 saturated heterocycles. The zero-order valence-corrected chi connectivity index (χ0v) is 23.7. The summed E-state index contributed by atoms with van der Waals surface area (Å²) in [4.78, 5) is 11.8. The number of aliphatic hydroxyl groups is 1. The minimum absolute atomic E-state index is 0.298. The third-order valence-corrected chi connectivity index (χ3v) is 7.15. The third kappa shape index (κ3) is 11.6. The van der Waals surface area contributed by atoms with Gasteiger partial charge in [0, 0.05) is 13.7 Å². The van der Waals surface area contributed by atoms with Gasteiger partial charge in [-0.3, -0.25) is 0 Å². The molecule has 0 unspecified atom stereocenters. The first kappa shape index (κ1) is 30.4. The van der Waals surface area contributed by atoms with Crippen LogP contribution in [0.1, 0.15) is 84.4 Å². The van der Waals surface area contributed by atoms with Crippen LogP contribution in [0.15, 0.2) is 72.8 Å². The van der Waals surface area contributed by atoms with Gasteiger partial charge in [-0.15, -0.1) is 0 Å². The summed E-state index contributed by atoms with van der Waals surface area (Å²) in [5.41, 5.74) is 7.05. The highest BCUT2D eigenvalue weighted by molar-refractivity contribution is 5.67. The number of nitrogens with one attached hydrogen (secondary N) is 1. The molecule has 39 heavy (non-hydrogen) atoms. The molecule has 0 aliphatic heterocycles. The van der Waals surface area contributed by atoms with Crippen molar-refractivity contribution in [1.29, 1.82) is 0 Å².